The normalized spacial score (nSPS) is 22.5. The zero-order valence-electron chi connectivity index (χ0n) is 16.3. The van der Waals surface area contributed by atoms with E-state index < -0.39 is 16.6 Å². The van der Waals surface area contributed by atoms with Gasteiger partial charge in [0.2, 0.25) is 0 Å². The Morgan fingerprint density at radius 3 is 2.53 bits per heavy atom. The van der Waals surface area contributed by atoms with Gasteiger partial charge in [-0.1, -0.05) is 12.1 Å². The number of alkyl halides is 3. The van der Waals surface area contributed by atoms with Gasteiger partial charge in [0.15, 0.2) is 0 Å². The molecule has 3 aliphatic rings. The molecule has 0 radical (unpaired) electrons. The van der Waals surface area contributed by atoms with Crippen LogP contribution < -0.4 is 10.2 Å². The number of nitrogens with zero attached hydrogens (tertiary/aromatic N) is 2. The molecule has 2 saturated carbocycles. The number of aromatic nitrogens is 2. The van der Waals surface area contributed by atoms with Crippen molar-refractivity contribution in [1.82, 2.24) is 15.3 Å². The van der Waals surface area contributed by atoms with Crippen molar-refractivity contribution in [1.29, 1.82) is 0 Å². The molecule has 2 aromatic rings. The van der Waals surface area contributed by atoms with Gasteiger partial charge in [-0.2, -0.15) is 13.2 Å². The summed E-state index contributed by atoms with van der Waals surface area (Å²) in [4.78, 5) is 10.1. The molecule has 2 fully saturated rings. The van der Waals surface area contributed by atoms with E-state index in [9.17, 15) is 13.2 Å². The van der Waals surface area contributed by atoms with Crippen LogP contribution in [-0.2, 0) is 24.2 Å². The van der Waals surface area contributed by atoms with Crippen molar-refractivity contribution in [3.8, 4) is 0 Å². The molecule has 2 unspecified atom stereocenters. The topological polar surface area (TPSA) is 84.1 Å². The van der Waals surface area contributed by atoms with E-state index in [4.69, 9.17) is 8.76 Å². The predicted octanol–water partition coefficient (Wildman–Crippen LogP) is 3.56. The summed E-state index contributed by atoms with van der Waals surface area (Å²) in [6.07, 6.45) is 9.24. The molecule has 10 heteroatoms. The van der Waals surface area contributed by atoms with Crippen molar-refractivity contribution < 1.29 is 21.9 Å². The fourth-order valence-corrected chi connectivity index (χ4v) is 4.12. The third-order valence-electron chi connectivity index (χ3n) is 5.82. The SMILES string of the molecule is O=S([O-])C(F)(F)F.c1cc(C2CC2)c2c(c1)N(Cc1cnc[nH]1)C(C1CC1)CNC2. The highest BCUT2D eigenvalue weighted by molar-refractivity contribution is 7.80. The zero-order chi connectivity index (χ0) is 21.3. The van der Waals surface area contributed by atoms with Crippen molar-refractivity contribution >= 4 is 16.8 Å². The summed E-state index contributed by atoms with van der Waals surface area (Å²) in [6.45, 7) is 3.05. The van der Waals surface area contributed by atoms with Gasteiger partial charge < -0.3 is 19.8 Å². The molecule has 30 heavy (non-hydrogen) atoms. The number of imidazole rings is 1. The van der Waals surface area contributed by atoms with E-state index in [-0.39, 0.29) is 0 Å². The van der Waals surface area contributed by atoms with Crippen molar-refractivity contribution in [2.45, 2.75) is 56.2 Å². The number of fused-ring (bicyclic) bond motifs is 1. The highest BCUT2D eigenvalue weighted by Crippen LogP contribution is 2.46. The summed E-state index contributed by atoms with van der Waals surface area (Å²) in [5.74, 6) is 1.65. The Morgan fingerprint density at radius 1 is 1.23 bits per heavy atom. The fourth-order valence-electron chi connectivity index (χ4n) is 4.12. The lowest BCUT2D eigenvalue weighted by Crippen LogP contribution is -2.41. The Labute approximate surface area is 175 Å². The fraction of sp³-hybridized carbons (Fsp3) is 0.550. The lowest BCUT2D eigenvalue weighted by Gasteiger charge is -2.33. The van der Waals surface area contributed by atoms with Crippen molar-refractivity contribution in [2.24, 2.45) is 5.92 Å². The summed E-state index contributed by atoms with van der Waals surface area (Å²) < 4.78 is 49.5. The highest BCUT2D eigenvalue weighted by atomic mass is 32.2. The number of hydrogen-bond donors (Lipinski definition) is 2. The zero-order valence-corrected chi connectivity index (χ0v) is 17.1. The van der Waals surface area contributed by atoms with Crippen molar-refractivity contribution in [3.63, 3.8) is 0 Å². The van der Waals surface area contributed by atoms with Crippen LogP contribution in [0.2, 0.25) is 0 Å². The Hall–Kier alpha value is -1.91. The number of hydrogen-bond acceptors (Lipinski definition) is 5. The van der Waals surface area contributed by atoms with Crippen LogP contribution in [-0.4, -0.2) is 36.8 Å². The second kappa shape index (κ2) is 8.68. The van der Waals surface area contributed by atoms with Gasteiger partial charge >= 0.3 is 5.51 Å². The predicted molar refractivity (Wildman–Crippen MR) is 106 cm³/mol. The molecule has 1 aromatic heterocycles. The van der Waals surface area contributed by atoms with Gasteiger partial charge in [-0.25, -0.2) is 4.98 Å². The summed E-state index contributed by atoms with van der Waals surface area (Å²) >= 11 is -3.93. The highest BCUT2D eigenvalue weighted by Gasteiger charge is 2.38. The van der Waals surface area contributed by atoms with Gasteiger partial charge in [0.1, 0.15) is 0 Å². The second-order valence-electron chi connectivity index (χ2n) is 8.04. The number of rotatable bonds is 4. The van der Waals surface area contributed by atoms with Crippen molar-refractivity contribution in [3.05, 3.63) is 47.5 Å². The van der Waals surface area contributed by atoms with Gasteiger partial charge in [-0.05, 0) is 54.7 Å². The van der Waals surface area contributed by atoms with Gasteiger partial charge in [0.25, 0.3) is 0 Å². The van der Waals surface area contributed by atoms with Crippen LogP contribution >= 0.6 is 0 Å². The number of benzene rings is 1. The third kappa shape index (κ3) is 5.04. The molecule has 2 aliphatic carbocycles. The minimum absolute atomic E-state index is 0.606. The molecule has 1 aliphatic heterocycles. The molecule has 2 N–H and O–H groups in total. The second-order valence-corrected chi connectivity index (χ2v) is 8.97. The van der Waals surface area contributed by atoms with E-state index in [1.54, 1.807) is 11.9 Å². The van der Waals surface area contributed by atoms with Crippen LogP contribution in [0.4, 0.5) is 18.9 Å². The molecular weight excluding hydrogens is 417 g/mol. The van der Waals surface area contributed by atoms with E-state index in [2.05, 4.69) is 38.4 Å². The first-order chi connectivity index (χ1) is 14.3. The van der Waals surface area contributed by atoms with Crippen LogP contribution in [0.15, 0.2) is 30.7 Å². The van der Waals surface area contributed by atoms with Crippen LogP contribution in [0.1, 0.15) is 48.4 Å². The van der Waals surface area contributed by atoms with Crippen molar-refractivity contribution in [2.75, 3.05) is 11.4 Å². The first-order valence-corrected chi connectivity index (χ1v) is 11.1. The van der Waals surface area contributed by atoms with Crippen LogP contribution in [0.25, 0.3) is 0 Å². The van der Waals surface area contributed by atoms with Gasteiger partial charge in [0.05, 0.1) is 29.6 Å². The third-order valence-corrected chi connectivity index (χ3v) is 6.20. The largest absolute Gasteiger partial charge is 0.766 e. The van der Waals surface area contributed by atoms with Gasteiger partial charge in [-0.15, -0.1) is 0 Å². The van der Waals surface area contributed by atoms with Crippen LogP contribution in [0, 0.1) is 5.92 Å². The van der Waals surface area contributed by atoms with E-state index in [1.165, 1.54) is 42.6 Å². The monoisotopic (exact) mass is 441 g/mol. The van der Waals surface area contributed by atoms with E-state index in [0.29, 0.717) is 6.04 Å². The molecule has 0 saturated heterocycles. The van der Waals surface area contributed by atoms with E-state index in [1.807, 2.05) is 6.20 Å². The van der Waals surface area contributed by atoms with Crippen LogP contribution in [0.3, 0.4) is 0 Å². The number of H-pyrrole nitrogens is 1. The molecule has 164 valence electrons. The van der Waals surface area contributed by atoms with E-state index in [0.717, 1.165) is 31.5 Å². The molecule has 0 amide bonds. The number of anilines is 1. The molecule has 1 aromatic carbocycles. The molecule has 2 heterocycles. The molecule has 0 spiro atoms. The number of aromatic amines is 1. The van der Waals surface area contributed by atoms with Crippen LogP contribution in [0.5, 0.6) is 0 Å². The summed E-state index contributed by atoms with van der Waals surface area (Å²) in [6, 6.07) is 7.56. The standard InChI is InChI=1S/C19H24N4.CHF3O2S/c1-2-16(13-4-5-13)17-9-20-10-19(14-6-7-14)23(18(17)3-1)11-15-8-21-12-22-15;2-1(3,4)7(5)6/h1-3,8,12-14,19-20H,4-7,9-11H2,(H,21,22);(H,5,6)/p-1. The Morgan fingerprint density at radius 2 is 1.97 bits per heavy atom. The number of nitrogens with one attached hydrogen (secondary N) is 2. The first-order valence-electron chi connectivity index (χ1n) is 10.1. The maximum Gasteiger partial charge on any atom is 0.458 e. The maximum atomic E-state index is 10.6. The summed E-state index contributed by atoms with van der Waals surface area (Å²) in [5, 5.41) is 3.74. The maximum absolute atomic E-state index is 10.6. The smallest absolute Gasteiger partial charge is 0.458 e. The lowest BCUT2D eigenvalue weighted by molar-refractivity contribution is -0.0452. The molecular formula is C20H24F3N4O2S-. The molecule has 0 bridgehead atoms. The quantitative estimate of drug-likeness (QED) is 0.709. The summed E-state index contributed by atoms with van der Waals surface area (Å²) in [5.41, 5.74) is 0.699. The Bertz CT molecular complexity index is 883. The summed E-state index contributed by atoms with van der Waals surface area (Å²) in [7, 11) is 0. The Kier molecular flexibility index (Phi) is 6.17. The van der Waals surface area contributed by atoms with Gasteiger partial charge in [0, 0.05) is 31.0 Å². The first kappa shape index (κ1) is 21.3. The molecule has 5 rings (SSSR count). The Balaban J connectivity index is 0.000000272. The minimum atomic E-state index is -5.08. The average molecular weight is 441 g/mol. The average Bonchev–Trinajstić information content (AvgIpc) is 3.61. The minimum Gasteiger partial charge on any atom is -0.766 e. The lowest BCUT2D eigenvalue weighted by atomic mass is 10.00. The van der Waals surface area contributed by atoms with E-state index >= 15 is 0 Å². The molecule has 2 atom stereocenters. The molecule has 6 nitrogen and oxygen atoms in total. The van der Waals surface area contributed by atoms with Gasteiger partial charge in [-0.3, -0.25) is 4.21 Å². The number of halogens is 3.